The van der Waals surface area contributed by atoms with Gasteiger partial charge in [0.2, 0.25) is 0 Å². The molecule has 0 fully saturated rings. The molecule has 0 unspecified atom stereocenters. The zero-order valence-electron chi connectivity index (χ0n) is 13.2. The highest BCUT2D eigenvalue weighted by Crippen LogP contribution is 2.23. The molecule has 0 N–H and O–H groups in total. The Morgan fingerprint density at radius 2 is 2.00 bits per heavy atom. The second-order valence-corrected chi connectivity index (χ2v) is 6.22. The Labute approximate surface area is 149 Å². The average molecular weight is 375 g/mol. The molecular weight excluding hydrogens is 364 g/mol. The normalized spacial score (nSPS) is 11.7. The summed E-state index contributed by atoms with van der Waals surface area (Å²) in [6, 6.07) is 7.30. The van der Waals surface area contributed by atoms with Gasteiger partial charge in [-0.25, -0.2) is 8.78 Å². The number of nitrogens with zero attached hydrogens (tertiary/aromatic N) is 3. The molecule has 0 spiro atoms. The van der Waals surface area contributed by atoms with Gasteiger partial charge in [-0.2, -0.15) is 4.99 Å². The number of aromatic nitrogens is 1. The number of non-ortho nitro benzene ring substituents is 1. The first-order chi connectivity index (χ1) is 12.4. The van der Waals surface area contributed by atoms with Crippen LogP contribution in [-0.2, 0) is 6.54 Å². The second kappa shape index (κ2) is 6.96. The maximum Gasteiger partial charge on any atom is 0.285 e. The van der Waals surface area contributed by atoms with Crippen molar-refractivity contribution in [2.75, 3.05) is 0 Å². The van der Waals surface area contributed by atoms with E-state index in [0.717, 1.165) is 29.5 Å². The van der Waals surface area contributed by atoms with E-state index in [1.54, 1.807) is 10.6 Å². The lowest BCUT2D eigenvalue weighted by atomic mass is 10.2. The van der Waals surface area contributed by atoms with Crippen molar-refractivity contribution in [3.63, 3.8) is 0 Å². The molecule has 26 heavy (non-hydrogen) atoms. The van der Waals surface area contributed by atoms with Crippen LogP contribution in [0.4, 0.5) is 14.5 Å². The molecule has 0 aliphatic rings. The van der Waals surface area contributed by atoms with Crippen LogP contribution in [0.15, 0.2) is 54.0 Å². The Morgan fingerprint density at radius 3 is 2.62 bits per heavy atom. The summed E-state index contributed by atoms with van der Waals surface area (Å²) in [6.45, 7) is 3.89. The predicted molar refractivity (Wildman–Crippen MR) is 92.9 cm³/mol. The van der Waals surface area contributed by atoms with Crippen molar-refractivity contribution >= 4 is 33.1 Å². The van der Waals surface area contributed by atoms with Crippen LogP contribution in [0.1, 0.15) is 10.4 Å². The zero-order valence-corrected chi connectivity index (χ0v) is 14.0. The first-order valence-electron chi connectivity index (χ1n) is 7.34. The lowest BCUT2D eigenvalue weighted by Gasteiger charge is -2.02. The van der Waals surface area contributed by atoms with Crippen LogP contribution in [0.25, 0.3) is 10.2 Å². The topological polar surface area (TPSA) is 77.5 Å². The fourth-order valence-corrected chi connectivity index (χ4v) is 3.48. The molecule has 132 valence electrons. The van der Waals surface area contributed by atoms with E-state index in [4.69, 9.17) is 0 Å². The van der Waals surface area contributed by atoms with Gasteiger partial charge in [-0.3, -0.25) is 14.9 Å². The number of carbonyl (C=O) groups is 1. The first-order valence-corrected chi connectivity index (χ1v) is 8.15. The van der Waals surface area contributed by atoms with Crippen molar-refractivity contribution < 1.29 is 18.5 Å². The van der Waals surface area contributed by atoms with Gasteiger partial charge in [0.1, 0.15) is 17.2 Å². The molecule has 0 aliphatic carbocycles. The van der Waals surface area contributed by atoms with E-state index < -0.39 is 28.0 Å². The van der Waals surface area contributed by atoms with Gasteiger partial charge < -0.3 is 4.57 Å². The fourth-order valence-electron chi connectivity index (χ4n) is 2.41. The average Bonchev–Trinajstić information content (AvgIpc) is 2.91. The minimum atomic E-state index is -1.07. The monoisotopic (exact) mass is 375 g/mol. The highest BCUT2D eigenvalue weighted by atomic mass is 32.1. The summed E-state index contributed by atoms with van der Waals surface area (Å²) in [5.74, 6) is -3.09. The van der Waals surface area contributed by atoms with E-state index in [-0.39, 0.29) is 17.0 Å². The van der Waals surface area contributed by atoms with Crippen LogP contribution in [-0.4, -0.2) is 15.4 Å². The van der Waals surface area contributed by atoms with Gasteiger partial charge >= 0.3 is 0 Å². The second-order valence-electron chi connectivity index (χ2n) is 5.21. The zero-order chi connectivity index (χ0) is 18.8. The van der Waals surface area contributed by atoms with Gasteiger partial charge in [-0.15, -0.1) is 6.58 Å². The maximum absolute atomic E-state index is 13.8. The highest BCUT2D eigenvalue weighted by molar-refractivity contribution is 7.16. The first kappa shape index (κ1) is 17.6. The number of thiazole rings is 1. The van der Waals surface area contributed by atoms with Gasteiger partial charge in [0.15, 0.2) is 4.80 Å². The predicted octanol–water partition coefficient (Wildman–Crippen LogP) is 3.82. The van der Waals surface area contributed by atoms with Crippen LogP contribution in [0.3, 0.4) is 0 Å². The number of halogens is 2. The minimum Gasteiger partial charge on any atom is -0.312 e. The lowest BCUT2D eigenvalue weighted by Crippen LogP contribution is -2.17. The number of hydrogen-bond acceptors (Lipinski definition) is 4. The van der Waals surface area contributed by atoms with Crippen molar-refractivity contribution in [1.82, 2.24) is 4.57 Å². The smallest absolute Gasteiger partial charge is 0.285 e. The molecule has 0 aliphatic heterocycles. The lowest BCUT2D eigenvalue weighted by molar-refractivity contribution is -0.384. The number of allylic oxidation sites excluding steroid dienone is 1. The number of rotatable bonds is 4. The van der Waals surface area contributed by atoms with E-state index in [2.05, 4.69) is 11.6 Å². The molecule has 0 bridgehead atoms. The SMILES string of the molecule is C=CCn1c(=NC(=O)c2c(F)cccc2F)sc2cc([N+](=O)[O-])ccc21. The molecule has 2 aromatic carbocycles. The third kappa shape index (κ3) is 3.16. The number of nitro groups is 1. The number of nitro benzene ring substituents is 1. The number of fused-ring (bicyclic) bond motifs is 1. The third-order valence-electron chi connectivity index (χ3n) is 3.56. The van der Waals surface area contributed by atoms with Crippen molar-refractivity contribution in [3.8, 4) is 0 Å². The summed E-state index contributed by atoms with van der Waals surface area (Å²) in [5.41, 5.74) is -0.260. The summed E-state index contributed by atoms with van der Waals surface area (Å²) >= 11 is 1.01. The third-order valence-corrected chi connectivity index (χ3v) is 4.60. The molecule has 0 saturated heterocycles. The van der Waals surface area contributed by atoms with Gasteiger partial charge in [0.25, 0.3) is 11.6 Å². The number of benzene rings is 2. The molecule has 3 rings (SSSR count). The van der Waals surface area contributed by atoms with Crippen LogP contribution in [0, 0.1) is 21.7 Å². The highest BCUT2D eigenvalue weighted by Gasteiger charge is 2.18. The van der Waals surface area contributed by atoms with Crippen LogP contribution < -0.4 is 4.80 Å². The van der Waals surface area contributed by atoms with Gasteiger partial charge in [-0.05, 0) is 18.2 Å². The van der Waals surface area contributed by atoms with E-state index in [9.17, 15) is 23.7 Å². The van der Waals surface area contributed by atoms with E-state index in [1.807, 2.05) is 0 Å². The molecule has 1 heterocycles. The molecule has 1 amide bonds. The van der Waals surface area contributed by atoms with E-state index in [0.29, 0.717) is 10.2 Å². The van der Waals surface area contributed by atoms with E-state index >= 15 is 0 Å². The fraction of sp³-hybridized carbons (Fsp3) is 0.0588. The minimum absolute atomic E-state index is 0.109. The summed E-state index contributed by atoms with van der Waals surface area (Å²) in [5, 5.41) is 10.9. The molecule has 9 heteroatoms. The van der Waals surface area contributed by atoms with Gasteiger partial charge in [0, 0.05) is 18.7 Å². The standard InChI is InChI=1S/C17H11F2N3O3S/c1-2-8-21-13-7-6-10(22(24)25)9-14(13)26-17(21)20-16(23)15-11(18)4-3-5-12(15)19/h2-7,9H,1,8H2. The van der Waals surface area contributed by atoms with Crippen molar-refractivity contribution in [2.24, 2.45) is 4.99 Å². The Bertz CT molecular complexity index is 1100. The van der Waals surface area contributed by atoms with Crippen LogP contribution >= 0.6 is 11.3 Å². The summed E-state index contributed by atoms with van der Waals surface area (Å²) in [7, 11) is 0. The van der Waals surface area contributed by atoms with Crippen molar-refractivity contribution in [2.45, 2.75) is 6.54 Å². The largest absolute Gasteiger partial charge is 0.312 e. The Balaban J connectivity index is 2.21. The molecule has 1 aromatic heterocycles. The molecule has 0 atom stereocenters. The van der Waals surface area contributed by atoms with Gasteiger partial charge in [-0.1, -0.05) is 23.5 Å². The Kier molecular flexibility index (Phi) is 4.72. The number of hydrogen-bond donors (Lipinski definition) is 0. The van der Waals surface area contributed by atoms with Crippen molar-refractivity contribution in [1.29, 1.82) is 0 Å². The molecular formula is C17H11F2N3O3S. The molecule has 3 aromatic rings. The Morgan fingerprint density at radius 1 is 1.31 bits per heavy atom. The van der Waals surface area contributed by atoms with Crippen molar-refractivity contribution in [3.05, 3.63) is 81.2 Å². The number of carbonyl (C=O) groups excluding carboxylic acids is 1. The van der Waals surface area contributed by atoms with Crippen LogP contribution in [0.5, 0.6) is 0 Å². The maximum atomic E-state index is 13.8. The number of amides is 1. The molecule has 0 saturated carbocycles. The summed E-state index contributed by atoms with van der Waals surface area (Å²) in [4.78, 5) is 26.7. The summed E-state index contributed by atoms with van der Waals surface area (Å²) in [6.07, 6.45) is 1.56. The molecule has 6 nitrogen and oxygen atoms in total. The van der Waals surface area contributed by atoms with Crippen LogP contribution in [0.2, 0.25) is 0 Å². The quantitative estimate of drug-likeness (QED) is 0.395. The Hall–Kier alpha value is -3.20. The van der Waals surface area contributed by atoms with Gasteiger partial charge in [0.05, 0.1) is 15.1 Å². The van der Waals surface area contributed by atoms with E-state index in [1.165, 1.54) is 18.2 Å². The summed E-state index contributed by atoms with van der Waals surface area (Å²) < 4.78 is 29.7. The molecule has 0 radical (unpaired) electrons.